The van der Waals surface area contributed by atoms with E-state index in [1.54, 1.807) is 6.20 Å². The fourth-order valence-electron chi connectivity index (χ4n) is 3.43. The van der Waals surface area contributed by atoms with Crippen molar-refractivity contribution in [1.29, 1.82) is 0 Å². The minimum atomic E-state index is -0.286. The SMILES string of the molecule is O=C(N[C@@H]1CCCc2c1cnn2-c1ccccn1)[C@H]1CCCO1. The number of pyridine rings is 1. The number of nitrogens with zero attached hydrogens (tertiary/aromatic N) is 3. The van der Waals surface area contributed by atoms with Gasteiger partial charge in [-0.05, 0) is 44.2 Å². The second kappa shape index (κ2) is 6.12. The number of rotatable bonds is 3. The van der Waals surface area contributed by atoms with Crippen LogP contribution in [0, 0.1) is 0 Å². The van der Waals surface area contributed by atoms with Gasteiger partial charge in [0.05, 0.1) is 17.9 Å². The topological polar surface area (TPSA) is 69.0 Å². The summed E-state index contributed by atoms with van der Waals surface area (Å²) in [7, 11) is 0. The first kappa shape index (κ1) is 14.4. The minimum absolute atomic E-state index is 0.00550. The number of carbonyl (C=O) groups excluding carboxylic acids is 1. The van der Waals surface area contributed by atoms with Crippen LogP contribution in [0.5, 0.6) is 0 Å². The van der Waals surface area contributed by atoms with Crippen LogP contribution in [0.15, 0.2) is 30.6 Å². The van der Waals surface area contributed by atoms with Gasteiger partial charge < -0.3 is 10.1 Å². The minimum Gasteiger partial charge on any atom is -0.368 e. The molecule has 0 saturated carbocycles. The lowest BCUT2D eigenvalue weighted by atomic mass is 9.92. The Bertz CT molecular complexity index is 692. The quantitative estimate of drug-likeness (QED) is 0.940. The summed E-state index contributed by atoms with van der Waals surface area (Å²) in [4.78, 5) is 16.7. The van der Waals surface area contributed by atoms with Gasteiger partial charge in [0, 0.05) is 18.4 Å². The number of carbonyl (C=O) groups is 1. The summed E-state index contributed by atoms with van der Waals surface area (Å²) < 4.78 is 7.36. The number of aromatic nitrogens is 3. The van der Waals surface area contributed by atoms with Gasteiger partial charge in [-0.25, -0.2) is 9.67 Å². The van der Waals surface area contributed by atoms with Gasteiger partial charge in [0.25, 0.3) is 0 Å². The highest BCUT2D eigenvalue weighted by molar-refractivity contribution is 5.81. The number of ether oxygens (including phenoxy) is 1. The number of fused-ring (bicyclic) bond motifs is 1. The van der Waals surface area contributed by atoms with Crippen LogP contribution in [0.3, 0.4) is 0 Å². The van der Waals surface area contributed by atoms with Gasteiger partial charge in [-0.1, -0.05) is 6.07 Å². The standard InChI is InChI=1S/C17H20N4O2/c22-17(15-7-4-10-23-15)20-13-5-3-6-14-12(13)11-19-21(14)16-8-1-2-9-18-16/h1-2,8-9,11,13,15H,3-7,10H2,(H,20,22)/t13-,15-/m1/s1. The summed E-state index contributed by atoms with van der Waals surface area (Å²) in [5.74, 6) is 0.825. The predicted molar refractivity (Wildman–Crippen MR) is 84.2 cm³/mol. The van der Waals surface area contributed by atoms with Crippen LogP contribution in [0.25, 0.3) is 5.82 Å². The Hall–Kier alpha value is -2.21. The Labute approximate surface area is 134 Å². The maximum absolute atomic E-state index is 12.3. The first-order chi connectivity index (χ1) is 11.3. The molecule has 2 aromatic heterocycles. The molecule has 23 heavy (non-hydrogen) atoms. The summed E-state index contributed by atoms with van der Waals surface area (Å²) in [6.07, 6.45) is 8.06. The van der Waals surface area contributed by atoms with E-state index in [1.807, 2.05) is 29.1 Å². The zero-order chi connectivity index (χ0) is 15.6. The molecule has 1 saturated heterocycles. The monoisotopic (exact) mass is 312 g/mol. The van der Waals surface area contributed by atoms with E-state index in [4.69, 9.17) is 4.74 Å². The second-order valence-corrected chi connectivity index (χ2v) is 6.10. The maximum Gasteiger partial charge on any atom is 0.249 e. The predicted octanol–water partition coefficient (Wildman–Crippen LogP) is 1.94. The third kappa shape index (κ3) is 2.74. The largest absolute Gasteiger partial charge is 0.368 e. The fraction of sp³-hybridized carbons (Fsp3) is 0.471. The lowest BCUT2D eigenvalue weighted by Gasteiger charge is -2.25. The van der Waals surface area contributed by atoms with Gasteiger partial charge in [-0.15, -0.1) is 0 Å². The molecular weight excluding hydrogens is 292 g/mol. The molecule has 1 amide bonds. The van der Waals surface area contributed by atoms with Crippen molar-refractivity contribution in [2.45, 2.75) is 44.2 Å². The van der Waals surface area contributed by atoms with Crippen LogP contribution in [0.4, 0.5) is 0 Å². The molecule has 6 nitrogen and oxygen atoms in total. The highest BCUT2D eigenvalue weighted by Crippen LogP contribution is 2.31. The van der Waals surface area contributed by atoms with E-state index in [-0.39, 0.29) is 18.1 Å². The van der Waals surface area contributed by atoms with Gasteiger partial charge >= 0.3 is 0 Å². The molecular formula is C17H20N4O2. The van der Waals surface area contributed by atoms with Crippen LogP contribution in [-0.4, -0.2) is 33.4 Å². The molecule has 1 N–H and O–H groups in total. The van der Waals surface area contributed by atoms with Crippen molar-refractivity contribution in [3.63, 3.8) is 0 Å². The molecule has 4 rings (SSSR count). The average molecular weight is 312 g/mol. The molecule has 2 aromatic rings. The molecule has 0 bridgehead atoms. The van der Waals surface area contributed by atoms with E-state index in [9.17, 15) is 4.79 Å². The van der Waals surface area contributed by atoms with Gasteiger partial charge in [-0.2, -0.15) is 5.10 Å². The van der Waals surface area contributed by atoms with Crippen LogP contribution in [-0.2, 0) is 16.0 Å². The average Bonchev–Trinajstić information content (AvgIpc) is 3.26. The van der Waals surface area contributed by atoms with E-state index >= 15 is 0 Å². The molecule has 120 valence electrons. The summed E-state index contributed by atoms with van der Waals surface area (Å²) >= 11 is 0. The second-order valence-electron chi connectivity index (χ2n) is 6.10. The first-order valence-electron chi connectivity index (χ1n) is 8.23. The Kier molecular flexibility index (Phi) is 3.83. The van der Waals surface area contributed by atoms with Crippen molar-refractivity contribution in [3.05, 3.63) is 41.9 Å². The van der Waals surface area contributed by atoms with Crippen LogP contribution in [0.2, 0.25) is 0 Å². The maximum atomic E-state index is 12.3. The summed E-state index contributed by atoms with van der Waals surface area (Å²) in [5.41, 5.74) is 2.25. The van der Waals surface area contributed by atoms with Crippen molar-refractivity contribution in [2.75, 3.05) is 6.61 Å². The van der Waals surface area contributed by atoms with Crippen molar-refractivity contribution < 1.29 is 9.53 Å². The Balaban J connectivity index is 1.57. The normalized spacial score (nSPS) is 23.5. The first-order valence-corrected chi connectivity index (χ1v) is 8.23. The summed E-state index contributed by atoms with van der Waals surface area (Å²) in [6.45, 7) is 0.686. The van der Waals surface area contributed by atoms with Crippen molar-refractivity contribution in [2.24, 2.45) is 0 Å². The third-order valence-corrected chi connectivity index (χ3v) is 4.59. The fourth-order valence-corrected chi connectivity index (χ4v) is 3.43. The van der Waals surface area contributed by atoms with Crippen LogP contribution >= 0.6 is 0 Å². The Morgan fingerprint density at radius 3 is 3.04 bits per heavy atom. The number of hydrogen-bond donors (Lipinski definition) is 1. The molecule has 2 aliphatic rings. The van der Waals surface area contributed by atoms with E-state index in [0.717, 1.165) is 49.2 Å². The van der Waals surface area contributed by atoms with Crippen LogP contribution in [0.1, 0.15) is 43.0 Å². The highest BCUT2D eigenvalue weighted by Gasteiger charge is 2.30. The van der Waals surface area contributed by atoms with Gasteiger partial charge in [0.1, 0.15) is 6.10 Å². The van der Waals surface area contributed by atoms with Gasteiger partial charge in [0.2, 0.25) is 5.91 Å². The molecule has 6 heteroatoms. The number of nitrogens with one attached hydrogen (secondary N) is 1. The molecule has 1 aliphatic carbocycles. The summed E-state index contributed by atoms with van der Waals surface area (Å²) in [5, 5.41) is 7.64. The number of hydrogen-bond acceptors (Lipinski definition) is 4. The zero-order valence-electron chi connectivity index (χ0n) is 12.9. The Morgan fingerprint density at radius 1 is 1.30 bits per heavy atom. The third-order valence-electron chi connectivity index (χ3n) is 4.59. The van der Waals surface area contributed by atoms with Crippen molar-refractivity contribution in [3.8, 4) is 5.82 Å². The number of amides is 1. The van der Waals surface area contributed by atoms with E-state index in [2.05, 4.69) is 15.4 Å². The van der Waals surface area contributed by atoms with E-state index in [0.29, 0.717) is 6.61 Å². The smallest absolute Gasteiger partial charge is 0.249 e. The molecule has 1 aliphatic heterocycles. The molecule has 0 aromatic carbocycles. The van der Waals surface area contributed by atoms with Crippen LogP contribution < -0.4 is 5.32 Å². The van der Waals surface area contributed by atoms with Gasteiger partial charge in [0.15, 0.2) is 5.82 Å². The zero-order valence-corrected chi connectivity index (χ0v) is 12.9. The molecule has 3 heterocycles. The lowest BCUT2D eigenvalue weighted by molar-refractivity contribution is -0.130. The van der Waals surface area contributed by atoms with Crippen molar-refractivity contribution >= 4 is 5.91 Å². The molecule has 0 radical (unpaired) electrons. The molecule has 2 atom stereocenters. The van der Waals surface area contributed by atoms with E-state index < -0.39 is 0 Å². The van der Waals surface area contributed by atoms with Gasteiger partial charge in [-0.3, -0.25) is 4.79 Å². The summed E-state index contributed by atoms with van der Waals surface area (Å²) in [6, 6.07) is 5.81. The van der Waals surface area contributed by atoms with E-state index in [1.165, 1.54) is 0 Å². The Morgan fingerprint density at radius 2 is 2.26 bits per heavy atom. The highest BCUT2D eigenvalue weighted by atomic mass is 16.5. The molecule has 0 unspecified atom stereocenters. The lowest BCUT2D eigenvalue weighted by Crippen LogP contribution is -2.38. The van der Waals surface area contributed by atoms with Crippen molar-refractivity contribution in [1.82, 2.24) is 20.1 Å². The molecule has 1 fully saturated rings. The molecule has 0 spiro atoms.